The van der Waals surface area contributed by atoms with E-state index in [2.05, 4.69) is 5.32 Å². The molecule has 2 atom stereocenters. The Morgan fingerprint density at radius 1 is 0.711 bits per heavy atom. The fraction of sp³-hybridized carbons (Fsp3) is 0.294. The SMILES string of the molecule is CC1(C)Oc2ccc(NCc3ccc(F)cc3)cc2C(OCc2ccccc2)C1OCc1cc(C(F)(F)F)cc(C(F)(F)F)c1. The molecule has 4 aromatic rings. The second-order valence-corrected chi connectivity index (χ2v) is 11.3. The Hall–Kier alpha value is -4.09. The van der Waals surface area contributed by atoms with Crippen LogP contribution in [0.2, 0.25) is 0 Å². The Balaban J connectivity index is 1.46. The zero-order valence-electron chi connectivity index (χ0n) is 24.3. The highest BCUT2D eigenvalue weighted by Crippen LogP contribution is 2.45. The molecule has 0 spiro atoms. The molecule has 0 aromatic heterocycles. The van der Waals surface area contributed by atoms with E-state index in [9.17, 15) is 30.7 Å². The molecule has 1 aliphatic heterocycles. The van der Waals surface area contributed by atoms with Gasteiger partial charge in [0.2, 0.25) is 0 Å². The molecule has 45 heavy (non-hydrogen) atoms. The minimum atomic E-state index is -4.99. The number of nitrogens with one attached hydrogen (secondary N) is 1. The Labute approximate surface area is 255 Å². The summed E-state index contributed by atoms with van der Waals surface area (Å²) in [5.74, 6) is 0.139. The lowest BCUT2D eigenvalue weighted by molar-refractivity contribution is -0.171. The summed E-state index contributed by atoms with van der Waals surface area (Å²) < 4.78 is 113. The lowest BCUT2D eigenvalue weighted by atomic mass is 9.87. The molecule has 11 heteroatoms. The van der Waals surface area contributed by atoms with E-state index in [1.54, 1.807) is 44.2 Å². The molecule has 0 amide bonds. The number of alkyl halides is 6. The van der Waals surface area contributed by atoms with Crippen molar-refractivity contribution in [3.63, 3.8) is 0 Å². The minimum absolute atomic E-state index is 0.0830. The normalized spacial score (nSPS) is 17.8. The predicted molar refractivity (Wildman–Crippen MR) is 154 cm³/mol. The van der Waals surface area contributed by atoms with Crippen LogP contribution in [0.15, 0.2) is 91.0 Å². The summed E-state index contributed by atoms with van der Waals surface area (Å²) in [7, 11) is 0. The molecule has 5 rings (SSSR count). The van der Waals surface area contributed by atoms with Crippen LogP contribution in [-0.4, -0.2) is 11.7 Å². The van der Waals surface area contributed by atoms with Crippen LogP contribution in [-0.2, 0) is 41.6 Å². The Kier molecular flexibility index (Phi) is 9.14. The second-order valence-electron chi connectivity index (χ2n) is 11.3. The number of rotatable bonds is 9. The van der Waals surface area contributed by atoms with Gasteiger partial charge >= 0.3 is 12.4 Å². The molecule has 1 aliphatic rings. The highest BCUT2D eigenvalue weighted by molar-refractivity contribution is 5.54. The van der Waals surface area contributed by atoms with E-state index in [0.717, 1.165) is 11.1 Å². The van der Waals surface area contributed by atoms with E-state index >= 15 is 0 Å². The molecular weight excluding hydrogens is 603 g/mol. The molecule has 0 aliphatic carbocycles. The quantitative estimate of drug-likeness (QED) is 0.187. The molecule has 4 nitrogen and oxygen atoms in total. The van der Waals surface area contributed by atoms with Gasteiger partial charge in [0, 0.05) is 17.8 Å². The number of benzene rings is 4. The van der Waals surface area contributed by atoms with Crippen LogP contribution in [0.5, 0.6) is 5.75 Å². The molecule has 4 aromatic carbocycles. The van der Waals surface area contributed by atoms with Gasteiger partial charge in [-0.15, -0.1) is 0 Å². The smallest absolute Gasteiger partial charge is 0.416 e. The highest BCUT2D eigenvalue weighted by atomic mass is 19.4. The topological polar surface area (TPSA) is 39.7 Å². The van der Waals surface area contributed by atoms with E-state index in [0.29, 0.717) is 35.7 Å². The average Bonchev–Trinajstić information content (AvgIpc) is 2.98. The molecule has 0 saturated carbocycles. The lowest BCUT2D eigenvalue weighted by Crippen LogP contribution is -2.51. The van der Waals surface area contributed by atoms with Crippen LogP contribution in [0.3, 0.4) is 0 Å². The van der Waals surface area contributed by atoms with Crippen molar-refractivity contribution in [3.8, 4) is 5.75 Å². The van der Waals surface area contributed by atoms with Crippen LogP contribution < -0.4 is 10.1 Å². The molecular formula is C34H30F7NO3. The van der Waals surface area contributed by atoms with Crippen LogP contribution in [0.25, 0.3) is 0 Å². The van der Waals surface area contributed by atoms with E-state index in [-0.39, 0.29) is 24.1 Å². The van der Waals surface area contributed by atoms with Gasteiger partial charge in [0.15, 0.2) is 0 Å². The largest absolute Gasteiger partial charge is 0.485 e. The molecule has 0 bridgehead atoms. The van der Waals surface area contributed by atoms with Crippen LogP contribution >= 0.6 is 0 Å². The minimum Gasteiger partial charge on any atom is -0.485 e. The van der Waals surface area contributed by atoms with E-state index in [1.165, 1.54) is 12.1 Å². The van der Waals surface area contributed by atoms with Gasteiger partial charge in [0.1, 0.15) is 29.4 Å². The van der Waals surface area contributed by atoms with Gasteiger partial charge < -0.3 is 19.5 Å². The first kappa shape index (κ1) is 32.3. The Morgan fingerprint density at radius 2 is 1.33 bits per heavy atom. The first-order valence-corrected chi connectivity index (χ1v) is 14.1. The van der Waals surface area contributed by atoms with Crippen molar-refractivity contribution >= 4 is 5.69 Å². The van der Waals surface area contributed by atoms with Crippen molar-refractivity contribution in [1.29, 1.82) is 0 Å². The van der Waals surface area contributed by atoms with Gasteiger partial charge in [-0.25, -0.2) is 4.39 Å². The summed E-state index contributed by atoms with van der Waals surface area (Å²) >= 11 is 0. The first-order chi connectivity index (χ1) is 21.2. The van der Waals surface area contributed by atoms with Gasteiger partial charge in [0.25, 0.3) is 0 Å². The van der Waals surface area contributed by atoms with Crippen LogP contribution in [0.1, 0.15) is 53.3 Å². The number of hydrogen-bond donors (Lipinski definition) is 1. The van der Waals surface area contributed by atoms with Crippen molar-refractivity contribution in [2.45, 2.75) is 63.8 Å². The van der Waals surface area contributed by atoms with Gasteiger partial charge in [0.05, 0.1) is 24.3 Å². The summed E-state index contributed by atoms with van der Waals surface area (Å²) in [5.41, 5.74) is -1.28. The standard InChI is InChI=1S/C34H30F7NO3/c1-32(2)31(44-20-23-14-24(33(36,37)38)16-25(15-23)34(39,40)41)30(43-19-22-6-4-3-5-7-22)28-17-27(12-13-29(28)45-32)42-18-21-8-10-26(35)11-9-21/h3-17,30-31,42H,18-20H2,1-2H3. The van der Waals surface area contributed by atoms with E-state index < -0.39 is 47.9 Å². The van der Waals surface area contributed by atoms with Gasteiger partial charge in [-0.2, -0.15) is 26.3 Å². The molecule has 0 radical (unpaired) electrons. The second kappa shape index (κ2) is 12.7. The Morgan fingerprint density at radius 3 is 1.96 bits per heavy atom. The molecule has 1 heterocycles. The maximum Gasteiger partial charge on any atom is 0.416 e. The zero-order chi connectivity index (χ0) is 32.4. The fourth-order valence-electron chi connectivity index (χ4n) is 5.16. The first-order valence-electron chi connectivity index (χ1n) is 14.1. The molecule has 1 N–H and O–H groups in total. The van der Waals surface area contributed by atoms with Crippen molar-refractivity contribution in [2.75, 3.05) is 5.32 Å². The Bertz CT molecular complexity index is 1570. The maximum atomic E-state index is 13.5. The van der Waals surface area contributed by atoms with Gasteiger partial charge in [-0.05, 0) is 79.1 Å². The van der Waals surface area contributed by atoms with Gasteiger partial charge in [-0.1, -0.05) is 42.5 Å². The number of halogens is 7. The average molecular weight is 634 g/mol. The summed E-state index contributed by atoms with van der Waals surface area (Å²) in [6, 6.07) is 22.0. The predicted octanol–water partition coefficient (Wildman–Crippen LogP) is 9.49. The summed E-state index contributed by atoms with van der Waals surface area (Å²) in [6.07, 6.45) is -11.7. The fourth-order valence-corrected chi connectivity index (χ4v) is 5.16. The number of fused-ring (bicyclic) bond motifs is 1. The summed E-state index contributed by atoms with van der Waals surface area (Å²) in [6.45, 7) is 3.41. The zero-order valence-corrected chi connectivity index (χ0v) is 24.3. The number of anilines is 1. The monoisotopic (exact) mass is 633 g/mol. The third kappa shape index (κ3) is 7.96. The summed E-state index contributed by atoms with van der Waals surface area (Å²) in [4.78, 5) is 0. The number of hydrogen-bond acceptors (Lipinski definition) is 4. The molecule has 0 fully saturated rings. The van der Waals surface area contributed by atoms with Crippen molar-refractivity contribution in [1.82, 2.24) is 0 Å². The van der Waals surface area contributed by atoms with E-state index in [4.69, 9.17) is 14.2 Å². The van der Waals surface area contributed by atoms with Crippen LogP contribution in [0, 0.1) is 5.82 Å². The highest BCUT2D eigenvalue weighted by Gasteiger charge is 2.46. The van der Waals surface area contributed by atoms with Gasteiger partial charge in [-0.3, -0.25) is 0 Å². The third-order valence-electron chi connectivity index (χ3n) is 7.41. The van der Waals surface area contributed by atoms with Crippen molar-refractivity contribution < 1.29 is 44.9 Å². The molecule has 2 unspecified atom stereocenters. The van der Waals surface area contributed by atoms with Crippen molar-refractivity contribution in [3.05, 3.63) is 130 Å². The number of ether oxygens (including phenoxy) is 3. The van der Waals surface area contributed by atoms with Crippen LogP contribution in [0.4, 0.5) is 36.4 Å². The van der Waals surface area contributed by atoms with Crippen molar-refractivity contribution in [2.24, 2.45) is 0 Å². The van der Waals surface area contributed by atoms with E-state index in [1.807, 2.05) is 30.3 Å². The third-order valence-corrected chi connectivity index (χ3v) is 7.41. The molecule has 0 saturated heterocycles. The molecule has 238 valence electrons. The lowest BCUT2D eigenvalue weighted by Gasteiger charge is -2.44. The summed E-state index contributed by atoms with van der Waals surface area (Å²) in [5, 5.41) is 3.27. The maximum absolute atomic E-state index is 13.5.